The van der Waals surface area contributed by atoms with Crippen molar-refractivity contribution in [3.63, 3.8) is 0 Å². The van der Waals surface area contributed by atoms with Gasteiger partial charge in [0.1, 0.15) is 12.4 Å². The molecular formula is C14H12BrNO2. The first-order chi connectivity index (χ1) is 8.65. The molecule has 1 amide bonds. The molecule has 0 spiro atoms. The summed E-state index contributed by atoms with van der Waals surface area (Å²) in [5, 5.41) is 0. The van der Waals surface area contributed by atoms with Gasteiger partial charge < -0.3 is 10.5 Å². The van der Waals surface area contributed by atoms with Gasteiger partial charge in [0.05, 0.1) is 0 Å². The van der Waals surface area contributed by atoms with Crippen molar-refractivity contribution in [2.45, 2.75) is 6.61 Å². The molecule has 4 heteroatoms. The summed E-state index contributed by atoms with van der Waals surface area (Å²) in [7, 11) is 0. The van der Waals surface area contributed by atoms with E-state index in [1.807, 2.05) is 24.3 Å². The summed E-state index contributed by atoms with van der Waals surface area (Å²) < 4.78 is 6.62. The van der Waals surface area contributed by atoms with E-state index >= 15 is 0 Å². The number of carbonyl (C=O) groups excluding carboxylic acids is 1. The predicted molar refractivity (Wildman–Crippen MR) is 73.4 cm³/mol. The minimum Gasteiger partial charge on any atom is -0.489 e. The highest BCUT2D eigenvalue weighted by molar-refractivity contribution is 9.10. The fourth-order valence-corrected chi connectivity index (χ4v) is 1.98. The summed E-state index contributed by atoms with van der Waals surface area (Å²) in [5.74, 6) is 0.175. The number of benzene rings is 2. The van der Waals surface area contributed by atoms with Crippen LogP contribution in [-0.4, -0.2) is 5.91 Å². The number of rotatable bonds is 4. The average Bonchev–Trinajstić information content (AvgIpc) is 2.37. The molecule has 0 radical (unpaired) electrons. The summed E-state index contributed by atoms with van der Waals surface area (Å²) >= 11 is 3.40. The zero-order valence-corrected chi connectivity index (χ0v) is 11.2. The number of hydrogen-bond acceptors (Lipinski definition) is 2. The van der Waals surface area contributed by atoms with Crippen LogP contribution in [0.3, 0.4) is 0 Å². The van der Waals surface area contributed by atoms with Crippen LogP contribution in [0.4, 0.5) is 0 Å². The Morgan fingerprint density at radius 3 is 2.67 bits per heavy atom. The summed E-state index contributed by atoms with van der Waals surface area (Å²) in [6.45, 7) is 0.446. The van der Waals surface area contributed by atoms with Crippen LogP contribution in [0.2, 0.25) is 0 Å². The minimum absolute atomic E-state index is 0.446. The smallest absolute Gasteiger partial charge is 0.248 e. The van der Waals surface area contributed by atoms with E-state index in [4.69, 9.17) is 10.5 Å². The molecule has 0 heterocycles. The Bertz CT molecular complexity index is 569. The number of amides is 1. The molecule has 2 rings (SSSR count). The maximum absolute atomic E-state index is 11.0. The Morgan fingerprint density at radius 1 is 1.17 bits per heavy atom. The highest BCUT2D eigenvalue weighted by Gasteiger charge is 2.02. The monoisotopic (exact) mass is 305 g/mol. The lowest BCUT2D eigenvalue weighted by molar-refractivity contribution is 0.1000. The van der Waals surface area contributed by atoms with Gasteiger partial charge in [-0.3, -0.25) is 4.79 Å². The zero-order valence-electron chi connectivity index (χ0n) is 9.60. The Balaban J connectivity index is 2.06. The molecular weight excluding hydrogens is 294 g/mol. The number of carbonyl (C=O) groups is 1. The van der Waals surface area contributed by atoms with Crippen molar-refractivity contribution in [1.82, 2.24) is 0 Å². The minimum atomic E-state index is -0.456. The normalized spacial score (nSPS) is 10.1. The van der Waals surface area contributed by atoms with Crippen LogP contribution in [-0.2, 0) is 6.61 Å². The van der Waals surface area contributed by atoms with Gasteiger partial charge in [0.25, 0.3) is 0 Å². The predicted octanol–water partition coefficient (Wildman–Crippen LogP) is 3.13. The van der Waals surface area contributed by atoms with E-state index < -0.39 is 5.91 Å². The van der Waals surface area contributed by atoms with Crippen LogP contribution in [0.15, 0.2) is 53.0 Å². The van der Waals surface area contributed by atoms with Crippen molar-refractivity contribution < 1.29 is 9.53 Å². The standard InChI is InChI=1S/C14H12BrNO2/c15-12-5-1-3-10(7-12)9-18-13-6-2-4-11(8-13)14(16)17/h1-8H,9H2,(H2,16,17). The van der Waals surface area contributed by atoms with Crippen molar-refractivity contribution in [1.29, 1.82) is 0 Å². The Labute approximate surface area is 114 Å². The number of hydrogen-bond donors (Lipinski definition) is 1. The molecule has 0 saturated carbocycles. The molecule has 0 aliphatic rings. The van der Waals surface area contributed by atoms with Crippen molar-refractivity contribution >= 4 is 21.8 Å². The fourth-order valence-electron chi connectivity index (χ4n) is 1.53. The topological polar surface area (TPSA) is 52.3 Å². The molecule has 0 aromatic heterocycles. The van der Waals surface area contributed by atoms with Crippen LogP contribution in [0.1, 0.15) is 15.9 Å². The van der Waals surface area contributed by atoms with E-state index in [2.05, 4.69) is 15.9 Å². The van der Waals surface area contributed by atoms with Gasteiger partial charge in [-0.2, -0.15) is 0 Å². The molecule has 0 bridgehead atoms. The van der Waals surface area contributed by atoms with E-state index in [0.29, 0.717) is 17.9 Å². The van der Waals surface area contributed by atoms with Gasteiger partial charge in [-0.1, -0.05) is 34.1 Å². The highest BCUT2D eigenvalue weighted by atomic mass is 79.9. The van der Waals surface area contributed by atoms with E-state index in [0.717, 1.165) is 10.0 Å². The highest BCUT2D eigenvalue weighted by Crippen LogP contribution is 2.17. The molecule has 2 aromatic carbocycles. The quantitative estimate of drug-likeness (QED) is 0.943. The van der Waals surface area contributed by atoms with Gasteiger partial charge >= 0.3 is 0 Å². The zero-order chi connectivity index (χ0) is 13.0. The van der Waals surface area contributed by atoms with Crippen LogP contribution < -0.4 is 10.5 Å². The first-order valence-corrected chi connectivity index (χ1v) is 6.21. The third-order valence-corrected chi connectivity index (χ3v) is 2.91. The third-order valence-electron chi connectivity index (χ3n) is 2.41. The lowest BCUT2D eigenvalue weighted by atomic mass is 10.2. The number of ether oxygens (including phenoxy) is 1. The van der Waals surface area contributed by atoms with Gasteiger partial charge in [0, 0.05) is 10.0 Å². The summed E-state index contributed by atoms with van der Waals surface area (Å²) in [5.41, 5.74) is 6.71. The second-order valence-corrected chi connectivity index (χ2v) is 4.73. The molecule has 0 atom stereocenters. The van der Waals surface area contributed by atoms with E-state index in [1.54, 1.807) is 24.3 Å². The van der Waals surface area contributed by atoms with Crippen molar-refractivity contribution in [3.8, 4) is 5.75 Å². The van der Waals surface area contributed by atoms with Crippen molar-refractivity contribution in [2.75, 3.05) is 0 Å². The number of halogens is 1. The SMILES string of the molecule is NC(=O)c1cccc(OCc2cccc(Br)c2)c1. The summed E-state index contributed by atoms with van der Waals surface area (Å²) in [6.07, 6.45) is 0. The lowest BCUT2D eigenvalue weighted by Gasteiger charge is -2.07. The average molecular weight is 306 g/mol. The van der Waals surface area contributed by atoms with Crippen molar-refractivity contribution in [2.24, 2.45) is 5.73 Å². The van der Waals surface area contributed by atoms with Gasteiger partial charge in [-0.05, 0) is 35.9 Å². The molecule has 0 saturated heterocycles. The van der Waals surface area contributed by atoms with Gasteiger partial charge in [-0.25, -0.2) is 0 Å². The Kier molecular flexibility index (Phi) is 3.99. The molecule has 2 N–H and O–H groups in total. The maximum atomic E-state index is 11.0. The summed E-state index contributed by atoms with van der Waals surface area (Å²) in [6, 6.07) is 14.7. The van der Waals surface area contributed by atoms with Gasteiger partial charge in [-0.15, -0.1) is 0 Å². The first kappa shape index (κ1) is 12.6. The Morgan fingerprint density at radius 2 is 1.94 bits per heavy atom. The third kappa shape index (κ3) is 3.34. The second-order valence-electron chi connectivity index (χ2n) is 3.81. The Hall–Kier alpha value is -1.81. The lowest BCUT2D eigenvalue weighted by Crippen LogP contribution is -2.10. The van der Waals surface area contributed by atoms with Gasteiger partial charge in [0.15, 0.2) is 0 Å². The van der Waals surface area contributed by atoms with Crippen LogP contribution >= 0.6 is 15.9 Å². The molecule has 0 aliphatic heterocycles. The first-order valence-electron chi connectivity index (χ1n) is 5.42. The van der Waals surface area contributed by atoms with E-state index in [1.165, 1.54) is 0 Å². The van der Waals surface area contributed by atoms with Crippen LogP contribution in [0.5, 0.6) is 5.75 Å². The van der Waals surface area contributed by atoms with Crippen LogP contribution in [0.25, 0.3) is 0 Å². The largest absolute Gasteiger partial charge is 0.489 e. The van der Waals surface area contributed by atoms with Crippen LogP contribution in [0, 0.1) is 0 Å². The molecule has 2 aromatic rings. The van der Waals surface area contributed by atoms with E-state index in [-0.39, 0.29) is 0 Å². The molecule has 0 aliphatic carbocycles. The number of nitrogens with two attached hydrogens (primary N) is 1. The number of primary amides is 1. The molecule has 0 unspecified atom stereocenters. The molecule has 0 fully saturated rings. The maximum Gasteiger partial charge on any atom is 0.248 e. The fraction of sp³-hybridized carbons (Fsp3) is 0.0714. The van der Waals surface area contributed by atoms with Crippen molar-refractivity contribution in [3.05, 3.63) is 64.1 Å². The second kappa shape index (κ2) is 5.69. The molecule has 18 heavy (non-hydrogen) atoms. The molecule has 3 nitrogen and oxygen atoms in total. The molecule has 92 valence electrons. The van der Waals surface area contributed by atoms with E-state index in [9.17, 15) is 4.79 Å². The summed E-state index contributed by atoms with van der Waals surface area (Å²) in [4.78, 5) is 11.0. The van der Waals surface area contributed by atoms with Gasteiger partial charge in [0.2, 0.25) is 5.91 Å².